The lowest BCUT2D eigenvalue weighted by molar-refractivity contribution is -0.141. The average molecular weight is 392 g/mol. The Morgan fingerprint density at radius 2 is 2.21 bits per heavy atom. The molecule has 5 N–H and O–H groups in total. The molecule has 0 aliphatic carbocycles. The van der Waals surface area contributed by atoms with Gasteiger partial charge in [0.1, 0.15) is 29.2 Å². The van der Waals surface area contributed by atoms with Crippen LogP contribution < -0.4 is 20.4 Å². The fourth-order valence-electron chi connectivity index (χ4n) is 3.13. The van der Waals surface area contributed by atoms with Gasteiger partial charge < -0.3 is 35.5 Å². The Kier molecular flexibility index (Phi) is 5.35. The van der Waals surface area contributed by atoms with Crippen LogP contribution in [0.15, 0.2) is 12.1 Å². The number of amides is 2. The number of hydrogen-bond acceptors (Lipinski definition) is 7. The van der Waals surface area contributed by atoms with Crippen LogP contribution in [-0.2, 0) is 16.0 Å². The zero-order valence-electron chi connectivity index (χ0n) is 16.3. The maximum absolute atomic E-state index is 12.3. The Labute approximate surface area is 163 Å². The number of nitrogens with one attached hydrogen (secondary N) is 1. The summed E-state index contributed by atoms with van der Waals surface area (Å²) < 4.78 is 18.5. The minimum atomic E-state index is -1.24. The van der Waals surface area contributed by atoms with Gasteiger partial charge in [-0.1, -0.05) is 6.07 Å². The number of fused-ring (bicyclic) bond motifs is 1. The van der Waals surface area contributed by atoms with E-state index in [1.165, 1.54) is 11.8 Å². The number of rotatable bonds is 6. The van der Waals surface area contributed by atoms with Gasteiger partial charge in [0.05, 0.1) is 13.1 Å². The predicted octanol–water partition coefficient (Wildman–Crippen LogP) is -1.15. The molecule has 1 saturated heterocycles. The molecule has 28 heavy (non-hydrogen) atoms. The fraction of sp³-hybridized carbons (Fsp3) is 0.471. The summed E-state index contributed by atoms with van der Waals surface area (Å²) in [6, 6.07) is 2.22. The van der Waals surface area contributed by atoms with E-state index in [4.69, 9.17) is 16.5 Å². The molecule has 1 fully saturated rings. The SMILES string of the molecule is [2H]N(C[C@H](N)C(=O)N1CC(Oc2ccc3c(c2C(=O)O)OB(O)CC3)C1)C(C)=O. The second kappa shape index (κ2) is 8.07. The fourth-order valence-corrected chi connectivity index (χ4v) is 3.13. The van der Waals surface area contributed by atoms with Gasteiger partial charge in [-0.2, -0.15) is 0 Å². The molecule has 1 aromatic carbocycles. The zero-order valence-corrected chi connectivity index (χ0v) is 15.3. The van der Waals surface area contributed by atoms with Crippen LogP contribution in [0.25, 0.3) is 0 Å². The molecule has 0 bridgehead atoms. The van der Waals surface area contributed by atoms with E-state index in [0.29, 0.717) is 23.6 Å². The number of hydrogen-bond donors (Lipinski definition) is 4. The van der Waals surface area contributed by atoms with Gasteiger partial charge in [-0.15, -0.1) is 0 Å². The summed E-state index contributed by atoms with van der Waals surface area (Å²) in [6.45, 7) is 1.39. The monoisotopic (exact) mass is 392 g/mol. The Balaban J connectivity index is 1.63. The quantitative estimate of drug-likeness (QED) is 0.443. The first-order valence-electron chi connectivity index (χ1n) is 9.34. The van der Waals surface area contributed by atoms with Crippen molar-refractivity contribution in [2.75, 3.05) is 19.6 Å². The van der Waals surface area contributed by atoms with Crippen LogP contribution in [0.2, 0.25) is 7.73 Å². The smallest absolute Gasteiger partial charge is 0.522 e. The summed E-state index contributed by atoms with van der Waals surface area (Å²) in [5.74, 6) is -1.97. The normalized spacial score (nSPS) is 17.6. The minimum absolute atomic E-state index is 0.0978. The molecular formula is C17H22BN3O7. The van der Waals surface area contributed by atoms with E-state index < -0.39 is 37.0 Å². The van der Waals surface area contributed by atoms with Gasteiger partial charge in [0.15, 0.2) is 1.41 Å². The van der Waals surface area contributed by atoms with Crippen LogP contribution in [-0.4, -0.2) is 71.7 Å². The number of nitrogens with two attached hydrogens (primary N) is 1. The number of carboxylic acid groups (broad SMARTS) is 1. The van der Waals surface area contributed by atoms with Gasteiger partial charge in [0.25, 0.3) is 0 Å². The lowest BCUT2D eigenvalue weighted by atomic mass is 9.78. The van der Waals surface area contributed by atoms with Crippen molar-refractivity contribution < 1.29 is 35.3 Å². The number of carbonyl (C=O) groups excluding carboxylic acids is 2. The Morgan fingerprint density at radius 3 is 2.86 bits per heavy atom. The van der Waals surface area contributed by atoms with Crippen LogP contribution in [0.1, 0.15) is 22.8 Å². The lowest BCUT2D eigenvalue weighted by Gasteiger charge is -2.40. The first-order valence-corrected chi connectivity index (χ1v) is 8.89. The summed E-state index contributed by atoms with van der Waals surface area (Å²) in [5.41, 5.74) is 6.28. The third kappa shape index (κ3) is 4.20. The standard InChI is InChI=1S/C17H22BN3O7/c1-9(22)20-6-12(19)16(23)21-7-11(8-21)27-13-3-2-10-4-5-18(26)28-15(10)14(13)17(24)25/h2-3,11-12,26H,4-8,19H2,1H3,(H,20,22)(H,24,25)/t12-/m0/s1/i/hD. The van der Waals surface area contributed by atoms with E-state index in [1.807, 2.05) is 0 Å². The van der Waals surface area contributed by atoms with Crippen LogP contribution in [0.3, 0.4) is 0 Å². The largest absolute Gasteiger partial charge is 0.535 e. The molecule has 10 nitrogen and oxygen atoms in total. The number of ether oxygens (including phenoxy) is 1. The molecule has 1 aromatic rings. The lowest BCUT2D eigenvalue weighted by Crippen LogP contribution is -2.61. The second-order valence-electron chi connectivity index (χ2n) is 6.79. The molecule has 1 atom stereocenters. The third-order valence-electron chi connectivity index (χ3n) is 4.61. The van der Waals surface area contributed by atoms with E-state index in [1.54, 1.807) is 12.1 Å². The van der Waals surface area contributed by atoms with Crippen molar-refractivity contribution in [3.05, 3.63) is 23.3 Å². The molecule has 3 rings (SSSR count). The van der Waals surface area contributed by atoms with E-state index in [2.05, 4.69) is 0 Å². The van der Waals surface area contributed by atoms with E-state index >= 15 is 0 Å². The number of benzene rings is 1. The van der Waals surface area contributed by atoms with Gasteiger partial charge in [-0.05, 0) is 24.4 Å². The van der Waals surface area contributed by atoms with Gasteiger partial charge in [0.2, 0.25) is 11.8 Å². The molecule has 0 saturated carbocycles. The summed E-state index contributed by atoms with van der Waals surface area (Å²) >= 11 is 0. The Hall–Kier alpha value is -2.79. The van der Waals surface area contributed by atoms with Crippen LogP contribution >= 0.6 is 0 Å². The van der Waals surface area contributed by atoms with Crippen LogP contribution in [0.4, 0.5) is 0 Å². The number of aromatic carboxylic acids is 1. The summed E-state index contributed by atoms with van der Waals surface area (Å²) in [6.07, 6.45) is 0.440. The second-order valence-corrected chi connectivity index (χ2v) is 6.79. The molecule has 11 heteroatoms. The predicted molar refractivity (Wildman–Crippen MR) is 98.2 cm³/mol. The van der Waals surface area contributed by atoms with Crippen molar-refractivity contribution in [1.82, 2.24) is 10.2 Å². The molecule has 2 aliphatic rings. The molecule has 150 valence electrons. The minimum Gasteiger partial charge on any atom is -0.535 e. The molecule has 0 unspecified atom stereocenters. The summed E-state index contributed by atoms with van der Waals surface area (Å²) in [7, 11) is -1.07. The number of carboxylic acids is 1. The zero-order chi connectivity index (χ0) is 21.3. The molecule has 2 amide bonds. The molecule has 0 radical (unpaired) electrons. The van der Waals surface area contributed by atoms with Crippen molar-refractivity contribution in [2.24, 2.45) is 5.73 Å². The first kappa shape index (κ1) is 18.6. The molecule has 2 aliphatic heterocycles. The van der Waals surface area contributed by atoms with Crippen molar-refractivity contribution in [3.63, 3.8) is 0 Å². The third-order valence-corrected chi connectivity index (χ3v) is 4.61. The Morgan fingerprint density at radius 1 is 1.50 bits per heavy atom. The molecule has 0 spiro atoms. The van der Waals surface area contributed by atoms with Crippen LogP contribution in [0.5, 0.6) is 11.5 Å². The molecule has 2 heterocycles. The van der Waals surface area contributed by atoms with Crippen LogP contribution in [0, 0.1) is 0 Å². The van der Waals surface area contributed by atoms with Gasteiger partial charge >= 0.3 is 13.1 Å². The molecular weight excluding hydrogens is 369 g/mol. The van der Waals surface area contributed by atoms with E-state index in [9.17, 15) is 24.5 Å². The summed E-state index contributed by atoms with van der Waals surface area (Å²) in [4.78, 5) is 36.5. The van der Waals surface area contributed by atoms with Crippen molar-refractivity contribution >= 4 is 24.9 Å². The highest BCUT2D eigenvalue weighted by atomic mass is 16.5. The number of likely N-dealkylation sites (tertiary alicyclic amines) is 1. The highest BCUT2D eigenvalue weighted by Crippen LogP contribution is 2.37. The van der Waals surface area contributed by atoms with Gasteiger partial charge in [0, 0.05) is 13.5 Å². The van der Waals surface area contributed by atoms with Gasteiger partial charge in [-0.3, -0.25) is 9.59 Å². The topological polar surface area (TPSA) is 151 Å². The average Bonchev–Trinajstić information content (AvgIpc) is 2.62. The van der Waals surface area contributed by atoms with Crippen molar-refractivity contribution in [1.29, 1.82) is 0 Å². The molecule has 0 aromatic heterocycles. The highest BCUT2D eigenvalue weighted by Gasteiger charge is 2.36. The number of carbonyl (C=O) groups is 3. The van der Waals surface area contributed by atoms with E-state index in [0.717, 1.165) is 0 Å². The first-order chi connectivity index (χ1) is 13.7. The highest BCUT2D eigenvalue weighted by molar-refractivity contribution is 6.44. The maximum atomic E-state index is 12.3. The van der Waals surface area contributed by atoms with Crippen molar-refractivity contribution in [2.45, 2.75) is 31.8 Å². The Bertz CT molecular complexity index is 833. The summed E-state index contributed by atoms with van der Waals surface area (Å²) in [5, 5.41) is 19.9. The number of aryl methyl sites for hydroxylation is 1. The van der Waals surface area contributed by atoms with Crippen molar-refractivity contribution in [3.8, 4) is 11.5 Å². The van der Waals surface area contributed by atoms with E-state index in [-0.39, 0.29) is 36.7 Å². The number of nitrogens with zero attached hydrogens (tertiary/aromatic N) is 1. The maximum Gasteiger partial charge on any atom is 0.522 e. The van der Waals surface area contributed by atoms with Gasteiger partial charge in [-0.25, -0.2) is 4.79 Å².